The Labute approximate surface area is 245 Å². The number of carbonyl (C=O) groups is 2. The van der Waals surface area contributed by atoms with Gasteiger partial charge in [-0.15, -0.1) is 0 Å². The first-order valence-electron chi connectivity index (χ1n) is 13.3. The monoisotopic (exact) mass is 621 g/mol. The summed E-state index contributed by atoms with van der Waals surface area (Å²) in [6, 6.07) is 10.2. The number of nitrogens with one attached hydrogen (secondary N) is 1. The number of rotatable bonds is 5. The molecule has 0 bridgehead atoms. The largest absolute Gasteiger partial charge is 0.416 e. The molecule has 3 aromatic carbocycles. The van der Waals surface area contributed by atoms with Crippen LogP contribution < -0.4 is 0 Å². The Hall–Kier alpha value is -4.68. The van der Waals surface area contributed by atoms with E-state index in [9.17, 15) is 44.7 Å². The topological polar surface area (TPSA) is 56.4 Å². The zero-order valence-corrected chi connectivity index (χ0v) is 22.6. The van der Waals surface area contributed by atoms with Gasteiger partial charge in [0.15, 0.2) is 11.6 Å². The number of fused-ring (bicyclic) bond motifs is 1. The molecule has 1 saturated heterocycles. The number of nitrogens with zero attached hydrogens (tertiary/aromatic N) is 2. The standard InChI is InChI=1S/C31H23F8N3O2/c32-25-7-5-18(11-26(25)33)6-8-28(43)41-9-10-42(23(17-41)14-20-16-40-27-4-2-1-3-24(20)27)29(44)19-12-21(30(34,35)36)15-22(13-19)31(37,38)39/h1-8,11-13,15-16,23,40H,9-10,14,17H2/t23-/m1/s1. The van der Waals surface area contributed by atoms with Gasteiger partial charge in [-0.05, 0) is 60.0 Å². The minimum Gasteiger partial charge on any atom is -0.361 e. The molecule has 1 fully saturated rings. The predicted molar refractivity (Wildman–Crippen MR) is 145 cm³/mol. The van der Waals surface area contributed by atoms with Gasteiger partial charge in [0.25, 0.3) is 5.91 Å². The first kappa shape index (κ1) is 30.8. The number of H-pyrrole nitrogens is 1. The van der Waals surface area contributed by atoms with Crippen molar-refractivity contribution in [1.29, 1.82) is 0 Å². The molecule has 0 spiro atoms. The fourth-order valence-electron chi connectivity index (χ4n) is 5.19. The van der Waals surface area contributed by atoms with Crippen LogP contribution in [0.2, 0.25) is 0 Å². The molecule has 0 unspecified atom stereocenters. The predicted octanol–water partition coefficient (Wildman–Crippen LogP) is 7.09. The second kappa shape index (κ2) is 11.8. The third kappa shape index (κ3) is 6.61. The van der Waals surface area contributed by atoms with Gasteiger partial charge < -0.3 is 14.8 Å². The molecule has 13 heteroatoms. The number of hydrogen-bond donors (Lipinski definition) is 1. The van der Waals surface area contributed by atoms with E-state index in [2.05, 4.69) is 4.98 Å². The van der Waals surface area contributed by atoms with Gasteiger partial charge in [0.2, 0.25) is 5.91 Å². The highest BCUT2D eigenvalue weighted by Gasteiger charge is 2.39. The van der Waals surface area contributed by atoms with Crippen LogP contribution in [-0.2, 0) is 23.6 Å². The molecule has 44 heavy (non-hydrogen) atoms. The fraction of sp³-hybridized carbons (Fsp3) is 0.226. The number of piperazine rings is 1. The summed E-state index contributed by atoms with van der Waals surface area (Å²) in [5, 5.41) is 0.792. The number of aromatic nitrogens is 1. The van der Waals surface area contributed by atoms with Gasteiger partial charge in [-0.25, -0.2) is 8.78 Å². The first-order valence-corrected chi connectivity index (χ1v) is 13.3. The van der Waals surface area contributed by atoms with Gasteiger partial charge in [-0.2, -0.15) is 26.3 Å². The highest BCUT2D eigenvalue weighted by atomic mass is 19.4. The van der Waals surface area contributed by atoms with Gasteiger partial charge in [0.1, 0.15) is 0 Å². The van der Waals surface area contributed by atoms with Crippen molar-refractivity contribution in [1.82, 2.24) is 14.8 Å². The molecule has 5 rings (SSSR count). The molecule has 0 aliphatic carbocycles. The van der Waals surface area contributed by atoms with E-state index in [1.54, 1.807) is 18.3 Å². The quantitative estimate of drug-likeness (QED) is 0.191. The van der Waals surface area contributed by atoms with Crippen LogP contribution in [0.4, 0.5) is 35.1 Å². The Bertz CT molecular complexity index is 1710. The molecule has 1 aromatic heterocycles. The molecule has 0 radical (unpaired) electrons. The summed E-state index contributed by atoms with van der Waals surface area (Å²) in [6.07, 6.45) is -6.05. The SMILES string of the molecule is O=C(C=Cc1ccc(F)c(F)c1)N1CCN(C(=O)c2cc(C(F)(F)F)cc(C(F)(F)F)c2)[C@H](Cc2c[nH]c3ccccc23)C1. The van der Waals surface area contributed by atoms with Crippen LogP contribution in [0.15, 0.2) is 72.9 Å². The van der Waals surface area contributed by atoms with E-state index >= 15 is 0 Å². The second-order valence-electron chi connectivity index (χ2n) is 10.3. The first-order chi connectivity index (χ1) is 20.7. The van der Waals surface area contributed by atoms with Crippen LogP contribution in [0.3, 0.4) is 0 Å². The molecule has 2 heterocycles. The maximum absolute atomic E-state index is 13.6. The molecule has 1 aliphatic heterocycles. The smallest absolute Gasteiger partial charge is 0.361 e. The maximum atomic E-state index is 13.6. The average molecular weight is 622 g/mol. The van der Waals surface area contributed by atoms with E-state index in [0.29, 0.717) is 12.1 Å². The maximum Gasteiger partial charge on any atom is 0.416 e. The van der Waals surface area contributed by atoms with Gasteiger partial charge in [0.05, 0.1) is 17.2 Å². The summed E-state index contributed by atoms with van der Waals surface area (Å²) in [7, 11) is 0. The number of hydrogen-bond acceptors (Lipinski definition) is 2. The molecule has 2 amide bonds. The Balaban J connectivity index is 1.46. The number of carbonyl (C=O) groups excluding carboxylic acids is 2. The number of amides is 2. The van der Waals surface area contributed by atoms with Crippen molar-refractivity contribution in [3.8, 4) is 0 Å². The molecule has 4 aromatic rings. The lowest BCUT2D eigenvalue weighted by atomic mass is 9.98. The molecule has 5 nitrogen and oxygen atoms in total. The van der Waals surface area contributed by atoms with E-state index in [0.717, 1.165) is 34.7 Å². The molecule has 0 saturated carbocycles. The van der Waals surface area contributed by atoms with E-state index < -0.39 is 58.5 Å². The normalized spacial score (nSPS) is 16.2. The average Bonchev–Trinajstić information content (AvgIpc) is 3.38. The summed E-state index contributed by atoms with van der Waals surface area (Å²) in [5.74, 6) is -3.74. The van der Waals surface area contributed by atoms with Crippen molar-refractivity contribution in [2.45, 2.75) is 24.8 Å². The third-order valence-electron chi connectivity index (χ3n) is 7.38. The van der Waals surface area contributed by atoms with Crippen molar-refractivity contribution in [3.63, 3.8) is 0 Å². The molecule has 230 valence electrons. The number of para-hydroxylation sites is 1. The van der Waals surface area contributed by atoms with Crippen LogP contribution in [0.1, 0.15) is 32.6 Å². The summed E-state index contributed by atoms with van der Waals surface area (Å²) < 4.78 is 108. The highest BCUT2D eigenvalue weighted by Crippen LogP contribution is 2.37. The summed E-state index contributed by atoms with van der Waals surface area (Å²) in [6.45, 7) is -0.367. The lowest BCUT2D eigenvalue weighted by molar-refractivity contribution is -0.143. The second-order valence-corrected chi connectivity index (χ2v) is 10.3. The number of halogens is 8. The van der Waals surface area contributed by atoms with Crippen LogP contribution in [-0.4, -0.2) is 52.3 Å². The van der Waals surface area contributed by atoms with Crippen molar-refractivity contribution < 1.29 is 44.7 Å². The summed E-state index contributed by atoms with van der Waals surface area (Å²) in [4.78, 5) is 32.3. The third-order valence-corrected chi connectivity index (χ3v) is 7.38. The van der Waals surface area contributed by atoms with Crippen molar-refractivity contribution in [3.05, 3.63) is 112 Å². The lowest BCUT2D eigenvalue weighted by Crippen LogP contribution is -2.57. The zero-order valence-electron chi connectivity index (χ0n) is 22.6. The summed E-state index contributed by atoms with van der Waals surface area (Å²) >= 11 is 0. The van der Waals surface area contributed by atoms with Crippen molar-refractivity contribution in [2.75, 3.05) is 19.6 Å². The number of aromatic amines is 1. The minimum atomic E-state index is -5.13. The van der Waals surface area contributed by atoms with E-state index in [4.69, 9.17) is 0 Å². The van der Waals surface area contributed by atoms with Crippen molar-refractivity contribution in [2.24, 2.45) is 0 Å². The molecular formula is C31H23F8N3O2. The Morgan fingerprint density at radius 1 is 0.864 bits per heavy atom. The minimum absolute atomic E-state index is 0.0455. The summed E-state index contributed by atoms with van der Waals surface area (Å²) in [5.41, 5.74) is -2.30. The Morgan fingerprint density at radius 3 is 2.20 bits per heavy atom. The van der Waals surface area contributed by atoms with Crippen LogP contribution >= 0.6 is 0 Å². The highest BCUT2D eigenvalue weighted by molar-refractivity contribution is 5.96. The Kier molecular flexibility index (Phi) is 8.23. The van der Waals surface area contributed by atoms with Crippen LogP contribution in [0.25, 0.3) is 17.0 Å². The van der Waals surface area contributed by atoms with Crippen LogP contribution in [0, 0.1) is 11.6 Å². The lowest BCUT2D eigenvalue weighted by Gasteiger charge is -2.41. The Morgan fingerprint density at radius 2 is 1.55 bits per heavy atom. The number of benzene rings is 3. The molecule has 1 N–H and O–H groups in total. The number of alkyl halides is 6. The van der Waals surface area contributed by atoms with Gasteiger partial charge in [-0.1, -0.05) is 24.3 Å². The fourth-order valence-corrected chi connectivity index (χ4v) is 5.19. The van der Waals surface area contributed by atoms with Gasteiger partial charge >= 0.3 is 12.4 Å². The van der Waals surface area contributed by atoms with Crippen molar-refractivity contribution >= 4 is 28.8 Å². The van der Waals surface area contributed by atoms with Gasteiger partial charge in [-0.3, -0.25) is 9.59 Å². The van der Waals surface area contributed by atoms with E-state index in [1.807, 2.05) is 12.1 Å². The molecule has 1 aliphatic rings. The molecule has 1 atom stereocenters. The van der Waals surface area contributed by atoms with E-state index in [-0.39, 0.29) is 37.7 Å². The van der Waals surface area contributed by atoms with Gasteiger partial charge in [0, 0.05) is 48.4 Å². The van der Waals surface area contributed by atoms with Crippen LogP contribution in [0.5, 0.6) is 0 Å². The molecular weight excluding hydrogens is 598 g/mol. The van der Waals surface area contributed by atoms with E-state index in [1.165, 1.54) is 21.9 Å². The zero-order chi connectivity index (χ0) is 31.8.